The van der Waals surface area contributed by atoms with Crippen molar-refractivity contribution in [2.24, 2.45) is 0 Å². The number of piperazine rings is 1. The van der Waals surface area contributed by atoms with Gasteiger partial charge in [-0.2, -0.15) is 0 Å². The summed E-state index contributed by atoms with van der Waals surface area (Å²) in [6.45, 7) is 4.31. The molecule has 0 saturated carbocycles. The normalized spacial score (nSPS) is 13.3. The van der Waals surface area contributed by atoms with E-state index in [2.05, 4.69) is 10.2 Å². The molecule has 1 heterocycles. The summed E-state index contributed by atoms with van der Waals surface area (Å²) in [5, 5.41) is 3.99. The van der Waals surface area contributed by atoms with Crippen LogP contribution in [-0.2, 0) is 4.79 Å². The van der Waals surface area contributed by atoms with Crippen LogP contribution in [0.1, 0.15) is 15.9 Å². The first kappa shape index (κ1) is 25.7. The summed E-state index contributed by atoms with van der Waals surface area (Å²) in [6, 6.07) is 17.9. The van der Waals surface area contributed by atoms with Crippen LogP contribution in [0.25, 0.3) is 0 Å². The van der Waals surface area contributed by atoms with Gasteiger partial charge in [-0.1, -0.05) is 23.2 Å². The fourth-order valence-electron chi connectivity index (χ4n) is 3.99. The highest BCUT2D eigenvalue weighted by atomic mass is 35.5. The summed E-state index contributed by atoms with van der Waals surface area (Å²) >= 11 is 12.1. The first-order valence-electron chi connectivity index (χ1n) is 11.5. The quantitative estimate of drug-likeness (QED) is 0.451. The maximum Gasteiger partial charge on any atom is 0.262 e. The van der Waals surface area contributed by atoms with Crippen LogP contribution in [0.4, 0.5) is 11.4 Å². The number of anilines is 2. The summed E-state index contributed by atoms with van der Waals surface area (Å²) in [5.74, 6) is 0.758. The van der Waals surface area contributed by atoms with Gasteiger partial charge >= 0.3 is 0 Å². The summed E-state index contributed by atoms with van der Waals surface area (Å²) in [7, 11) is 1.54. The van der Waals surface area contributed by atoms with E-state index in [1.54, 1.807) is 41.3 Å². The Balaban J connectivity index is 1.28. The number of carbonyl (C=O) groups excluding carboxylic acids is 2. The molecule has 0 aromatic heterocycles. The van der Waals surface area contributed by atoms with E-state index in [4.69, 9.17) is 32.7 Å². The maximum atomic E-state index is 13.0. The number of nitrogens with zero attached hydrogens (tertiary/aromatic N) is 2. The van der Waals surface area contributed by atoms with E-state index in [9.17, 15) is 9.59 Å². The van der Waals surface area contributed by atoms with Crippen molar-refractivity contribution in [3.05, 3.63) is 81.8 Å². The molecule has 1 saturated heterocycles. The molecule has 0 atom stereocenters. The largest absolute Gasteiger partial charge is 0.496 e. The topological polar surface area (TPSA) is 71.1 Å². The molecule has 3 aromatic carbocycles. The Labute approximate surface area is 220 Å². The smallest absolute Gasteiger partial charge is 0.262 e. The number of amides is 2. The average molecular weight is 528 g/mol. The van der Waals surface area contributed by atoms with Crippen LogP contribution in [0.3, 0.4) is 0 Å². The summed E-state index contributed by atoms with van der Waals surface area (Å²) in [5.41, 5.74) is 3.06. The van der Waals surface area contributed by atoms with Gasteiger partial charge in [0.2, 0.25) is 0 Å². The van der Waals surface area contributed by atoms with E-state index >= 15 is 0 Å². The maximum absolute atomic E-state index is 13.0. The molecule has 1 aliphatic rings. The number of carbonyl (C=O) groups is 2. The van der Waals surface area contributed by atoms with Crippen LogP contribution < -0.4 is 19.7 Å². The van der Waals surface area contributed by atoms with Crippen molar-refractivity contribution in [3.63, 3.8) is 0 Å². The van der Waals surface area contributed by atoms with Crippen molar-refractivity contribution in [2.75, 3.05) is 50.1 Å². The molecule has 4 rings (SSSR count). The summed E-state index contributed by atoms with van der Waals surface area (Å²) in [4.78, 5) is 29.3. The molecule has 0 bridgehead atoms. The fraction of sp³-hybridized carbons (Fsp3) is 0.259. The molecule has 0 unspecified atom stereocenters. The Morgan fingerprint density at radius 3 is 2.33 bits per heavy atom. The molecule has 1 N–H and O–H groups in total. The molecule has 0 aliphatic carbocycles. The third-order valence-corrected chi connectivity index (χ3v) is 6.63. The van der Waals surface area contributed by atoms with Gasteiger partial charge in [0.25, 0.3) is 11.8 Å². The van der Waals surface area contributed by atoms with Gasteiger partial charge in [-0.25, -0.2) is 0 Å². The molecule has 1 aliphatic heterocycles. The van der Waals surface area contributed by atoms with Crippen LogP contribution >= 0.6 is 23.2 Å². The highest BCUT2D eigenvalue weighted by molar-refractivity contribution is 6.31. The first-order chi connectivity index (χ1) is 17.3. The molecule has 188 valence electrons. The van der Waals surface area contributed by atoms with Gasteiger partial charge in [0.05, 0.1) is 12.7 Å². The second kappa shape index (κ2) is 11.5. The lowest BCUT2D eigenvalue weighted by atomic mass is 10.1. The zero-order valence-corrected chi connectivity index (χ0v) is 21.6. The van der Waals surface area contributed by atoms with Crippen LogP contribution in [0.5, 0.6) is 11.5 Å². The Morgan fingerprint density at radius 1 is 0.944 bits per heavy atom. The van der Waals surface area contributed by atoms with Crippen molar-refractivity contribution in [1.29, 1.82) is 0 Å². The number of hydrogen-bond acceptors (Lipinski definition) is 5. The van der Waals surface area contributed by atoms with Crippen LogP contribution in [-0.4, -0.2) is 56.6 Å². The van der Waals surface area contributed by atoms with Gasteiger partial charge in [-0.3, -0.25) is 9.59 Å². The minimum absolute atomic E-state index is 0.0944. The highest BCUT2D eigenvalue weighted by Gasteiger charge is 2.24. The van der Waals surface area contributed by atoms with Crippen LogP contribution in [0.2, 0.25) is 10.0 Å². The zero-order valence-electron chi connectivity index (χ0n) is 20.1. The Morgan fingerprint density at radius 2 is 1.67 bits per heavy atom. The number of benzene rings is 3. The summed E-state index contributed by atoms with van der Waals surface area (Å²) < 4.78 is 10.9. The minimum Gasteiger partial charge on any atom is -0.496 e. The predicted molar refractivity (Wildman–Crippen MR) is 143 cm³/mol. The second-order valence-electron chi connectivity index (χ2n) is 8.42. The minimum atomic E-state index is -0.251. The molecular weight excluding hydrogens is 501 g/mol. The number of rotatable bonds is 7. The van der Waals surface area contributed by atoms with Gasteiger partial charge in [0.15, 0.2) is 6.61 Å². The number of ether oxygens (including phenoxy) is 2. The highest BCUT2D eigenvalue weighted by Crippen LogP contribution is 2.26. The molecule has 36 heavy (non-hydrogen) atoms. The lowest BCUT2D eigenvalue weighted by Crippen LogP contribution is -2.48. The lowest BCUT2D eigenvalue weighted by Gasteiger charge is -2.36. The standard InChI is InChI=1S/C27H27Cl2N3O4/c1-18-15-22(8-9-24(18)29)36-17-26(33)30-20-4-6-21(7-5-20)31-11-13-32(14-12-31)27(34)23-16-19(28)3-10-25(23)35-2/h3-10,15-16H,11-14,17H2,1-2H3,(H,30,33). The van der Waals surface area contributed by atoms with Crippen LogP contribution in [0.15, 0.2) is 60.7 Å². The first-order valence-corrected chi connectivity index (χ1v) is 12.3. The third kappa shape index (κ3) is 6.22. The van der Waals surface area contributed by atoms with Crippen LogP contribution in [0, 0.1) is 6.92 Å². The number of halogens is 2. The second-order valence-corrected chi connectivity index (χ2v) is 9.26. The van der Waals surface area contributed by atoms with Gasteiger partial charge in [0.1, 0.15) is 11.5 Å². The van der Waals surface area contributed by atoms with E-state index in [0.29, 0.717) is 59.0 Å². The lowest BCUT2D eigenvalue weighted by molar-refractivity contribution is -0.118. The number of nitrogens with one attached hydrogen (secondary N) is 1. The van der Waals surface area contributed by atoms with E-state index in [1.165, 1.54) is 7.11 Å². The van der Waals surface area contributed by atoms with E-state index in [0.717, 1.165) is 11.3 Å². The van der Waals surface area contributed by atoms with Gasteiger partial charge < -0.3 is 24.6 Å². The number of hydrogen-bond donors (Lipinski definition) is 1. The fourth-order valence-corrected chi connectivity index (χ4v) is 4.28. The average Bonchev–Trinajstić information content (AvgIpc) is 2.89. The Bertz CT molecular complexity index is 1240. The third-order valence-electron chi connectivity index (χ3n) is 5.97. The van der Waals surface area contributed by atoms with Gasteiger partial charge in [0, 0.05) is 47.6 Å². The SMILES string of the molecule is COc1ccc(Cl)cc1C(=O)N1CCN(c2ccc(NC(=O)COc3ccc(Cl)c(C)c3)cc2)CC1. The molecule has 3 aromatic rings. The van der Waals surface area contributed by atoms with E-state index < -0.39 is 0 Å². The molecule has 0 spiro atoms. The molecule has 9 heteroatoms. The van der Waals surface area contributed by atoms with Crippen molar-refractivity contribution >= 4 is 46.4 Å². The van der Waals surface area contributed by atoms with E-state index in [-0.39, 0.29) is 18.4 Å². The molecule has 2 amide bonds. The Hall–Kier alpha value is -3.42. The van der Waals surface area contributed by atoms with Crippen molar-refractivity contribution in [2.45, 2.75) is 6.92 Å². The molecule has 0 radical (unpaired) electrons. The van der Waals surface area contributed by atoms with Crippen molar-refractivity contribution in [1.82, 2.24) is 4.90 Å². The van der Waals surface area contributed by atoms with Crippen molar-refractivity contribution < 1.29 is 19.1 Å². The monoisotopic (exact) mass is 527 g/mol. The van der Waals surface area contributed by atoms with Gasteiger partial charge in [-0.15, -0.1) is 0 Å². The van der Waals surface area contributed by atoms with Crippen molar-refractivity contribution in [3.8, 4) is 11.5 Å². The van der Waals surface area contributed by atoms with Gasteiger partial charge in [-0.05, 0) is 73.2 Å². The summed E-state index contributed by atoms with van der Waals surface area (Å²) in [6.07, 6.45) is 0. The predicted octanol–water partition coefficient (Wildman–Crippen LogP) is 5.29. The molecular formula is C27H27Cl2N3O4. The molecule has 7 nitrogen and oxygen atoms in total. The van der Waals surface area contributed by atoms with E-state index in [1.807, 2.05) is 31.2 Å². The zero-order chi connectivity index (χ0) is 25.7. The number of methoxy groups -OCH3 is 1. The molecule has 1 fully saturated rings. The Kier molecular flexibility index (Phi) is 8.23. The number of aryl methyl sites for hydroxylation is 1.